The van der Waals surface area contributed by atoms with E-state index in [1.807, 2.05) is 30.0 Å². The van der Waals surface area contributed by atoms with Crippen LogP contribution in [-0.4, -0.2) is 63.7 Å². The molecule has 2 rings (SSSR count). The number of aliphatic imine (C=N–C) groups is 1. The SMILES string of the molecule is CCNC(=NCC(=O)N1CCCC1)NCCc1ccc(OC)c(OC)c1.I. The lowest BCUT2D eigenvalue weighted by molar-refractivity contribution is -0.128. The van der Waals surface area contributed by atoms with E-state index in [0.29, 0.717) is 12.5 Å². The first-order chi connectivity index (χ1) is 12.7. The lowest BCUT2D eigenvalue weighted by Gasteiger charge is -2.15. The zero-order chi connectivity index (χ0) is 18.8. The Bertz CT molecular complexity index is 619. The Kier molecular flexibility index (Phi) is 10.9. The molecule has 0 aliphatic carbocycles. The quantitative estimate of drug-likeness (QED) is 0.332. The number of methoxy groups -OCH3 is 2. The van der Waals surface area contributed by atoms with Crippen molar-refractivity contribution in [1.82, 2.24) is 15.5 Å². The number of carbonyl (C=O) groups excluding carboxylic acids is 1. The highest BCUT2D eigenvalue weighted by molar-refractivity contribution is 14.0. The second-order valence-electron chi connectivity index (χ2n) is 6.15. The van der Waals surface area contributed by atoms with E-state index < -0.39 is 0 Å². The maximum Gasteiger partial charge on any atom is 0.244 e. The van der Waals surface area contributed by atoms with Crippen molar-refractivity contribution in [1.29, 1.82) is 0 Å². The monoisotopic (exact) mass is 490 g/mol. The van der Waals surface area contributed by atoms with Crippen molar-refractivity contribution in [3.05, 3.63) is 23.8 Å². The second kappa shape index (κ2) is 12.6. The molecule has 152 valence electrons. The van der Waals surface area contributed by atoms with Crippen LogP contribution in [0.5, 0.6) is 11.5 Å². The molecule has 27 heavy (non-hydrogen) atoms. The number of hydrogen-bond acceptors (Lipinski definition) is 4. The molecule has 0 atom stereocenters. The highest BCUT2D eigenvalue weighted by Gasteiger charge is 2.17. The number of amides is 1. The van der Waals surface area contributed by atoms with Crippen molar-refractivity contribution in [2.45, 2.75) is 26.2 Å². The third kappa shape index (κ3) is 7.43. The molecule has 1 saturated heterocycles. The summed E-state index contributed by atoms with van der Waals surface area (Å²) in [4.78, 5) is 18.4. The third-order valence-electron chi connectivity index (χ3n) is 4.33. The minimum atomic E-state index is 0. The molecule has 1 aromatic carbocycles. The van der Waals surface area contributed by atoms with Gasteiger partial charge in [-0.3, -0.25) is 4.79 Å². The molecule has 0 radical (unpaired) electrons. The Morgan fingerprint density at radius 2 is 1.85 bits per heavy atom. The normalized spacial score (nSPS) is 13.7. The summed E-state index contributed by atoms with van der Waals surface area (Å²) in [5.74, 6) is 2.21. The number of likely N-dealkylation sites (tertiary alicyclic amines) is 1. The van der Waals surface area contributed by atoms with E-state index >= 15 is 0 Å². The average molecular weight is 490 g/mol. The summed E-state index contributed by atoms with van der Waals surface area (Å²) in [5.41, 5.74) is 1.14. The molecule has 8 heteroatoms. The summed E-state index contributed by atoms with van der Waals surface area (Å²) >= 11 is 0. The molecule has 0 bridgehead atoms. The molecule has 0 unspecified atom stereocenters. The zero-order valence-corrected chi connectivity index (χ0v) is 18.7. The van der Waals surface area contributed by atoms with Gasteiger partial charge in [0.15, 0.2) is 17.5 Å². The van der Waals surface area contributed by atoms with E-state index in [9.17, 15) is 4.79 Å². The van der Waals surface area contributed by atoms with Gasteiger partial charge in [-0.15, -0.1) is 24.0 Å². The van der Waals surface area contributed by atoms with Crippen LogP contribution in [0.1, 0.15) is 25.3 Å². The van der Waals surface area contributed by atoms with Gasteiger partial charge in [0.05, 0.1) is 14.2 Å². The van der Waals surface area contributed by atoms with Crippen molar-refractivity contribution >= 4 is 35.8 Å². The molecule has 1 heterocycles. The number of ether oxygens (including phenoxy) is 2. The molecular formula is C19H31IN4O3. The lowest BCUT2D eigenvalue weighted by atomic mass is 10.1. The first kappa shape index (κ1) is 23.3. The molecule has 0 saturated carbocycles. The van der Waals surface area contributed by atoms with Crippen LogP contribution in [0.25, 0.3) is 0 Å². The van der Waals surface area contributed by atoms with Gasteiger partial charge in [-0.1, -0.05) is 6.07 Å². The number of halogens is 1. The predicted molar refractivity (Wildman–Crippen MR) is 118 cm³/mol. The predicted octanol–water partition coefficient (Wildman–Crippen LogP) is 2.04. The molecule has 0 aromatic heterocycles. The topological polar surface area (TPSA) is 75.2 Å². The van der Waals surface area contributed by atoms with Gasteiger partial charge in [0, 0.05) is 26.2 Å². The second-order valence-corrected chi connectivity index (χ2v) is 6.15. The number of hydrogen-bond donors (Lipinski definition) is 2. The summed E-state index contributed by atoms with van der Waals surface area (Å²) in [7, 11) is 3.26. The molecule has 1 aromatic rings. The van der Waals surface area contributed by atoms with Gasteiger partial charge in [0.1, 0.15) is 6.54 Å². The van der Waals surface area contributed by atoms with Crippen LogP contribution in [0.2, 0.25) is 0 Å². The molecule has 2 N–H and O–H groups in total. The fourth-order valence-corrected chi connectivity index (χ4v) is 2.92. The average Bonchev–Trinajstić information content (AvgIpc) is 3.20. The Balaban J connectivity index is 0.00000364. The highest BCUT2D eigenvalue weighted by atomic mass is 127. The number of rotatable bonds is 8. The van der Waals surface area contributed by atoms with Gasteiger partial charge in [-0.25, -0.2) is 4.99 Å². The van der Waals surface area contributed by atoms with E-state index in [-0.39, 0.29) is 36.4 Å². The van der Waals surface area contributed by atoms with E-state index in [0.717, 1.165) is 56.0 Å². The summed E-state index contributed by atoms with van der Waals surface area (Å²) in [5, 5.41) is 6.46. The minimum absolute atomic E-state index is 0. The number of nitrogens with one attached hydrogen (secondary N) is 2. The van der Waals surface area contributed by atoms with Crippen molar-refractivity contribution in [2.75, 3.05) is 46.9 Å². The van der Waals surface area contributed by atoms with Crippen LogP contribution < -0.4 is 20.1 Å². The Hall–Kier alpha value is -1.71. The van der Waals surface area contributed by atoms with E-state index in [4.69, 9.17) is 9.47 Å². The first-order valence-corrected chi connectivity index (χ1v) is 9.18. The highest BCUT2D eigenvalue weighted by Crippen LogP contribution is 2.27. The molecule has 0 spiro atoms. The van der Waals surface area contributed by atoms with Crippen LogP contribution in [0.15, 0.2) is 23.2 Å². The number of carbonyl (C=O) groups is 1. The number of guanidine groups is 1. The van der Waals surface area contributed by atoms with Crippen molar-refractivity contribution in [3.63, 3.8) is 0 Å². The van der Waals surface area contributed by atoms with Gasteiger partial charge in [-0.2, -0.15) is 0 Å². The van der Waals surface area contributed by atoms with Crippen molar-refractivity contribution in [2.24, 2.45) is 4.99 Å². The standard InChI is InChI=1S/C19H30N4O3.HI/c1-4-20-19(22-14-18(24)23-11-5-6-12-23)21-10-9-15-7-8-16(25-2)17(13-15)26-3;/h7-8,13H,4-6,9-12,14H2,1-3H3,(H2,20,21,22);1H. The van der Waals surface area contributed by atoms with Gasteiger partial charge < -0.3 is 25.0 Å². The Morgan fingerprint density at radius 3 is 2.48 bits per heavy atom. The Labute approximate surface area is 178 Å². The number of benzene rings is 1. The van der Waals surface area contributed by atoms with Crippen LogP contribution in [-0.2, 0) is 11.2 Å². The van der Waals surface area contributed by atoms with Gasteiger partial charge in [0.2, 0.25) is 5.91 Å². The van der Waals surface area contributed by atoms with E-state index in [2.05, 4.69) is 15.6 Å². The van der Waals surface area contributed by atoms with Gasteiger partial charge >= 0.3 is 0 Å². The summed E-state index contributed by atoms with van der Waals surface area (Å²) < 4.78 is 10.6. The molecule has 7 nitrogen and oxygen atoms in total. The Morgan fingerprint density at radius 1 is 1.15 bits per heavy atom. The minimum Gasteiger partial charge on any atom is -0.493 e. The van der Waals surface area contributed by atoms with Crippen molar-refractivity contribution in [3.8, 4) is 11.5 Å². The maximum atomic E-state index is 12.1. The van der Waals surface area contributed by atoms with Crippen LogP contribution in [0.4, 0.5) is 0 Å². The lowest BCUT2D eigenvalue weighted by Crippen LogP contribution is -2.39. The largest absolute Gasteiger partial charge is 0.493 e. The fraction of sp³-hybridized carbons (Fsp3) is 0.579. The van der Waals surface area contributed by atoms with Crippen LogP contribution in [0, 0.1) is 0 Å². The van der Waals surface area contributed by atoms with Crippen LogP contribution >= 0.6 is 24.0 Å². The van der Waals surface area contributed by atoms with E-state index in [1.54, 1.807) is 14.2 Å². The molecule has 1 fully saturated rings. The van der Waals surface area contributed by atoms with Crippen LogP contribution in [0.3, 0.4) is 0 Å². The summed E-state index contributed by atoms with van der Waals surface area (Å²) in [6.45, 7) is 5.37. The van der Waals surface area contributed by atoms with E-state index in [1.165, 1.54) is 0 Å². The summed E-state index contributed by atoms with van der Waals surface area (Å²) in [6, 6.07) is 5.90. The number of nitrogens with zero attached hydrogens (tertiary/aromatic N) is 2. The molecular weight excluding hydrogens is 459 g/mol. The zero-order valence-electron chi connectivity index (χ0n) is 16.4. The van der Waals surface area contributed by atoms with Gasteiger partial charge in [0.25, 0.3) is 0 Å². The third-order valence-corrected chi connectivity index (χ3v) is 4.33. The summed E-state index contributed by atoms with van der Waals surface area (Å²) in [6.07, 6.45) is 3.00. The molecule has 1 aliphatic heterocycles. The van der Waals surface area contributed by atoms with Crippen molar-refractivity contribution < 1.29 is 14.3 Å². The smallest absolute Gasteiger partial charge is 0.244 e. The first-order valence-electron chi connectivity index (χ1n) is 9.18. The molecule has 1 aliphatic rings. The van der Waals surface area contributed by atoms with Gasteiger partial charge in [-0.05, 0) is 43.9 Å². The fourth-order valence-electron chi connectivity index (χ4n) is 2.92. The maximum absolute atomic E-state index is 12.1. The molecule has 1 amide bonds.